The van der Waals surface area contributed by atoms with Crippen LogP contribution in [-0.2, 0) is 0 Å². The molecule has 0 spiro atoms. The first-order valence-electron chi connectivity index (χ1n) is 7.75. The third-order valence-electron chi connectivity index (χ3n) is 5.08. The summed E-state index contributed by atoms with van der Waals surface area (Å²) in [5.41, 5.74) is 3.15. The molecule has 0 unspecified atom stereocenters. The minimum Gasteiger partial charge on any atom is -0.478 e. The average Bonchev–Trinajstić information content (AvgIpc) is 2.98. The number of amides is 1. The van der Waals surface area contributed by atoms with Crippen molar-refractivity contribution >= 4 is 11.9 Å². The molecule has 118 valence electrons. The van der Waals surface area contributed by atoms with E-state index in [2.05, 4.69) is 18.0 Å². The normalized spacial score (nSPS) is 24.1. The highest BCUT2D eigenvalue weighted by Crippen LogP contribution is 2.36. The molecule has 5 nitrogen and oxygen atoms in total. The molecule has 2 heterocycles. The maximum atomic E-state index is 12.8. The van der Waals surface area contributed by atoms with Crippen molar-refractivity contribution in [2.75, 3.05) is 13.1 Å². The van der Waals surface area contributed by atoms with E-state index in [-0.39, 0.29) is 11.5 Å². The Hall–Kier alpha value is -2.04. The van der Waals surface area contributed by atoms with E-state index in [1.807, 2.05) is 4.90 Å². The molecule has 2 N–H and O–H groups in total. The Morgan fingerprint density at radius 1 is 1.23 bits per heavy atom. The lowest BCUT2D eigenvalue weighted by Gasteiger charge is -2.21. The largest absolute Gasteiger partial charge is 0.478 e. The Balaban J connectivity index is 1.82. The van der Waals surface area contributed by atoms with Crippen LogP contribution in [0.1, 0.15) is 51.9 Å². The van der Waals surface area contributed by atoms with Gasteiger partial charge in [-0.25, -0.2) is 4.79 Å². The van der Waals surface area contributed by atoms with Gasteiger partial charge in [0.1, 0.15) is 5.69 Å². The minimum absolute atomic E-state index is 0.0693. The quantitative estimate of drug-likeness (QED) is 0.825. The molecule has 1 saturated heterocycles. The fraction of sp³-hybridized carbons (Fsp3) is 0.529. The summed E-state index contributed by atoms with van der Waals surface area (Å²) < 4.78 is 0. The van der Waals surface area contributed by atoms with Gasteiger partial charge in [0.2, 0.25) is 0 Å². The molecule has 1 aromatic heterocycles. The van der Waals surface area contributed by atoms with Gasteiger partial charge in [-0.2, -0.15) is 0 Å². The molecule has 1 aliphatic carbocycles. The lowest BCUT2D eigenvalue weighted by atomic mass is 9.83. The van der Waals surface area contributed by atoms with Crippen molar-refractivity contribution in [3.8, 4) is 0 Å². The number of nitrogens with zero attached hydrogens (tertiary/aromatic N) is 1. The predicted molar refractivity (Wildman–Crippen MR) is 83.1 cm³/mol. The van der Waals surface area contributed by atoms with Crippen LogP contribution in [0.5, 0.6) is 0 Å². The van der Waals surface area contributed by atoms with E-state index in [0.29, 0.717) is 28.8 Å². The first-order chi connectivity index (χ1) is 10.4. The Bertz CT molecular complexity index is 672. The second-order valence-electron chi connectivity index (χ2n) is 6.65. The maximum absolute atomic E-state index is 12.8. The Kier molecular flexibility index (Phi) is 3.59. The number of aromatic nitrogens is 1. The molecule has 3 rings (SSSR count). The topological polar surface area (TPSA) is 73.4 Å². The summed E-state index contributed by atoms with van der Waals surface area (Å²) in [6.07, 6.45) is 4.39. The van der Waals surface area contributed by atoms with Gasteiger partial charge in [0, 0.05) is 18.8 Å². The fourth-order valence-corrected chi connectivity index (χ4v) is 3.90. The van der Waals surface area contributed by atoms with Gasteiger partial charge >= 0.3 is 5.97 Å². The second-order valence-corrected chi connectivity index (χ2v) is 6.65. The van der Waals surface area contributed by atoms with E-state index in [1.165, 1.54) is 5.57 Å². The van der Waals surface area contributed by atoms with Crippen LogP contribution in [0.4, 0.5) is 0 Å². The van der Waals surface area contributed by atoms with Gasteiger partial charge in [0.15, 0.2) is 0 Å². The molecule has 0 aromatic carbocycles. The van der Waals surface area contributed by atoms with E-state index in [9.17, 15) is 14.7 Å². The van der Waals surface area contributed by atoms with Crippen LogP contribution in [0.2, 0.25) is 0 Å². The molecule has 0 saturated carbocycles. The number of carbonyl (C=O) groups excluding carboxylic acids is 1. The number of aromatic amines is 1. The molecule has 5 heteroatoms. The summed E-state index contributed by atoms with van der Waals surface area (Å²) in [6, 6.07) is 0. The lowest BCUT2D eigenvalue weighted by Crippen LogP contribution is -2.29. The standard InChI is InChI=1S/C17H22N2O3/c1-9-4-5-12-7-19(8-13(12)6-9)16(20)15-10(2)14(17(21)22)11(3)18-15/h4,12-13,18H,5-8H2,1-3H3,(H,21,22)/t12-,13+/m1/s1. The highest BCUT2D eigenvalue weighted by Gasteiger charge is 2.37. The summed E-state index contributed by atoms with van der Waals surface area (Å²) in [4.78, 5) is 28.9. The molecule has 2 atom stereocenters. The van der Waals surface area contributed by atoms with Crippen LogP contribution in [0.3, 0.4) is 0 Å². The zero-order chi connectivity index (χ0) is 16.0. The summed E-state index contributed by atoms with van der Waals surface area (Å²) in [5.74, 6) is 0.0348. The van der Waals surface area contributed by atoms with Crippen molar-refractivity contribution < 1.29 is 14.7 Å². The molecule has 2 aliphatic rings. The zero-order valence-electron chi connectivity index (χ0n) is 13.3. The molecule has 1 aliphatic heterocycles. The summed E-state index contributed by atoms with van der Waals surface area (Å²) in [5, 5.41) is 9.25. The third kappa shape index (κ3) is 2.34. The number of hydrogen-bond donors (Lipinski definition) is 2. The first-order valence-corrected chi connectivity index (χ1v) is 7.75. The van der Waals surface area contributed by atoms with Crippen molar-refractivity contribution in [2.24, 2.45) is 11.8 Å². The minimum atomic E-state index is -0.986. The summed E-state index contributed by atoms with van der Waals surface area (Å²) >= 11 is 0. The number of likely N-dealkylation sites (tertiary alicyclic amines) is 1. The lowest BCUT2D eigenvalue weighted by molar-refractivity contribution is 0.0695. The Morgan fingerprint density at radius 2 is 1.91 bits per heavy atom. The monoisotopic (exact) mass is 302 g/mol. The van der Waals surface area contributed by atoms with Gasteiger partial charge in [-0.1, -0.05) is 11.6 Å². The van der Waals surface area contributed by atoms with Gasteiger partial charge in [-0.05, 0) is 51.0 Å². The number of rotatable bonds is 2. The van der Waals surface area contributed by atoms with Crippen molar-refractivity contribution in [3.63, 3.8) is 0 Å². The number of allylic oxidation sites excluding steroid dienone is 2. The predicted octanol–water partition coefficient (Wildman–Crippen LogP) is 2.76. The molecule has 1 amide bonds. The van der Waals surface area contributed by atoms with Crippen LogP contribution in [0, 0.1) is 25.7 Å². The van der Waals surface area contributed by atoms with Crippen molar-refractivity contribution in [1.82, 2.24) is 9.88 Å². The summed E-state index contributed by atoms with van der Waals surface area (Å²) in [7, 11) is 0. The van der Waals surface area contributed by atoms with Crippen LogP contribution >= 0.6 is 0 Å². The van der Waals surface area contributed by atoms with E-state index in [1.54, 1.807) is 13.8 Å². The van der Waals surface area contributed by atoms with Crippen molar-refractivity contribution in [3.05, 3.63) is 34.2 Å². The molecular weight excluding hydrogens is 280 g/mol. The third-order valence-corrected chi connectivity index (χ3v) is 5.08. The molecule has 1 aromatic rings. The number of carbonyl (C=O) groups is 2. The van der Waals surface area contributed by atoms with Crippen LogP contribution < -0.4 is 0 Å². The van der Waals surface area contributed by atoms with E-state index in [4.69, 9.17) is 0 Å². The second kappa shape index (κ2) is 5.30. The molecule has 1 fully saturated rings. The van der Waals surface area contributed by atoms with Crippen molar-refractivity contribution in [2.45, 2.75) is 33.6 Å². The average molecular weight is 302 g/mol. The van der Waals surface area contributed by atoms with Gasteiger partial charge < -0.3 is 15.0 Å². The molecule has 0 bridgehead atoms. The molecular formula is C17H22N2O3. The van der Waals surface area contributed by atoms with Gasteiger partial charge in [-0.15, -0.1) is 0 Å². The number of carboxylic acids is 1. The SMILES string of the molecule is CC1=CC[C@@H]2CN(C(=O)c3[nH]c(C)c(C(=O)O)c3C)C[C@@H]2C1. The maximum Gasteiger partial charge on any atom is 0.337 e. The van der Waals surface area contributed by atoms with Crippen LogP contribution in [0.25, 0.3) is 0 Å². The number of nitrogens with one attached hydrogen (secondary N) is 1. The fourth-order valence-electron chi connectivity index (χ4n) is 3.90. The van der Waals surface area contributed by atoms with Crippen LogP contribution in [0.15, 0.2) is 11.6 Å². The number of aryl methyl sites for hydroxylation is 1. The van der Waals surface area contributed by atoms with Crippen LogP contribution in [-0.4, -0.2) is 40.0 Å². The highest BCUT2D eigenvalue weighted by atomic mass is 16.4. The van der Waals surface area contributed by atoms with E-state index in [0.717, 1.165) is 25.9 Å². The van der Waals surface area contributed by atoms with E-state index >= 15 is 0 Å². The molecule has 22 heavy (non-hydrogen) atoms. The van der Waals surface area contributed by atoms with Gasteiger partial charge in [0.05, 0.1) is 5.56 Å². The first kappa shape index (κ1) is 14.9. The highest BCUT2D eigenvalue weighted by molar-refractivity contribution is 6.00. The number of carboxylic acid groups (broad SMARTS) is 1. The number of hydrogen-bond acceptors (Lipinski definition) is 2. The number of H-pyrrole nitrogens is 1. The molecule has 0 radical (unpaired) electrons. The zero-order valence-corrected chi connectivity index (χ0v) is 13.3. The summed E-state index contributed by atoms with van der Waals surface area (Å²) in [6.45, 7) is 7.10. The van der Waals surface area contributed by atoms with Gasteiger partial charge in [-0.3, -0.25) is 4.79 Å². The number of aromatic carboxylic acids is 1. The Morgan fingerprint density at radius 3 is 2.55 bits per heavy atom. The smallest absolute Gasteiger partial charge is 0.337 e. The number of fused-ring (bicyclic) bond motifs is 1. The van der Waals surface area contributed by atoms with E-state index < -0.39 is 5.97 Å². The van der Waals surface area contributed by atoms with Gasteiger partial charge in [0.25, 0.3) is 5.91 Å². The Labute approximate surface area is 130 Å². The van der Waals surface area contributed by atoms with Crippen molar-refractivity contribution in [1.29, 1.82) is 0 Å².